The Kier molecular flexibility index (Phi) is 3.86. The molecule has 1 nitrogen and oxygen atoms in total. The number of aryl methyl sites for hydroxylation is 3. The van der Waals surface area contributed by atoms with Crippen molar-refractivity contribution in [1.82, 2.24) is 0 Å². The molecule has 106 valence electrons. The lowest BCUT2D eigenvalue weighted by Gasteiger charge is -2.18. The second kappa shape index (κ2) is 5.29. The fourth-order valence-corrected chi connectivity index (χ4v) is 2.27. The Bertz CT molecular complexity index is 663. The summed E-state index contributed by atoms with van der Waals surface area (Å²) in [5.74, 6) is -3.93. The second-order valence-electron chi connectivity index (χ2n) is 5.04. The minimum atomic E-state index is -1.49. The second-order valence-corrected chi connectivity index (χ2v) is 5.04. The Morgan fingerprint density at radius 2 is 1.40 bits per heavy atom. The van der Waals surface area contributed by atoms with Gasteiger partial charge in [-0.1, -0.05) is 18.2 Å². The van der Waals surface area contributed by atoms with E-state index in [0.717, 1.165) is 22.8 Å². The zero-order valence-electron chi connectivity index (χ0n) is 11.6. The minimum absolute atomic E-state index is 0.0461. The van der Waals surface area contributed by atoms with Crippen molar-refractivity contribution in [2.45, 2.75) is 26.8 Å². The highest BCUT2D eigenvalue weighted by atomic mass is 19.2. The normalized spacial score (nSPS) is 12.6. The summed E-state index contributed by atoms with van der Waals surface area (Å²) in [6, 6.07) is 5.06. The molecule has 0 saturated carbocycles. The first-order chi connectivity index (χ1) is 9.32. The Hall–Kier alpha value is -1.81. The molecule has 4 heteroatoms. The maximum atomic E-state index is 13.8. The van der Waals surface area contributed by atoms with Gasteiger partial charge in [0.05, 0.1) is 6.04 Å². The fraction of sp³-hybridized carbons (Fsp3) is 0.250. The third-order valence-electron chi connectivity index (χ3n) is 3.62. The molecule has 20 heavy (non-hydrogen) atoms. The number of nitrogens with two attached hydrogens (primary N) is 1. The summed E-state index contributed by atoms with van der Waals surface area (Å²) >= 11 is 0. The lowest BCUT2D eigenvalue weighted by molar-refractivity contribution is 0.438. The van der Waals surface area contributed by atoms with Gasteiger partial charge in [-0.25, -0.2) is 13.2 Å². The van der Waals surface area contributed by atoms with Crippen LogP contribution in [0, 0.1) is 38.2 Å². The Morgan fingerprint density at radius 3 is 2.05 bits per heavy atom. The SMILES string of the molecule is Cc1cc(C)c(C(N)c2ccc(F)c(F)c2F)cc1C. The van der Waals surface area contributed by atoms with Crippen molar-refractivity contribution in [3.8, 4) is 0 Å². The van der Waals surface area contributed by atoms with E-state index in [0.29, 0.717) is 5.56 Å². The first-order valence-corrected chi connectivity index (χ1v) is 6.29. The van der Waals surface area contributed by atoms with Gasteiger partial charge in [0.25, 0.3) is 0 Å². The van der Waals surface area contributed by atoms with E-state index in [9.17, 15) is 13.2 Å². The summed E-state index contributed by atoms with van der Waals surface area (Å²) in [5, 5.41) is 0. The molecule has 2 aromatic carbocycles. The molecule has 0 aliphatic carbocycles. The maximum Gasteiger partial charge on any atom is 0.194 e. The lowest BCUT2D eigenvalue weighted by atomic mass is 9.92. The van der Waals surface area contributed by atoms with Crippen LogP contribution in [-0.4, -0.2) is 0 Å². The van der Waals surface area contributed by atoms with Gasteiger partial charge in [-0.05, 0) is 49.1 Å². The number of hydrogen-bond donors (Lipinski definition) is 1. The first kappa shape index (κ1) is 14.6. The molecule has 0 aliphatic rings. The average Bonchev–Trinajstić information content (AvgIpc) is 2.40. The Labute approximate surface area is 116 Å². The van der Waals surface area contributed by atoms with Gasteiger partial charge in [0, 0.05) is 5.56 Å². The molecular weight excluding hydrogens is 263 g/mol. The lowest BCUT2D eigenvalue weighted by Crippen LogP contribution is -2.16. The third kappa shape index (κ3) is 2.43. The van der Waals surface area contributed by atoms with Crippen molar-refractivity contribution in [3.05, 3.63) is 69.5 Å². The molecule has 0 bridgehead atoms. The van der Waals surface area contributed by atoms with Crippen LogP contribution in [-0.2, 0) is 0 Å². The Morgan fingerprint density at radius 1 is 0.800 bits per heavy atom. The van der Waals surface area contributed by atoms with Crippen LogP contribution in [0.1, 0.15) is 33.9 Å². The fourth-order valence-electron chi connectivity index (χ4n) is 2.27. The highest BCUT2D eigenvalue weighted by molar-refractivity contribution is 5.42. The van der Waals surface area contributed by atoms with Gasteiger partial charge in [0.2, 0.25) is 0 Å². The molecule has 0 spiro atoms. The van der Waals surface area contributed by atoms with Crippen molar-refractivity contribution in [3.63, 3.8) is 0 Å². The van der Waals surface area contributed by atoms with Crippen LogP contribution in [0.2, 0.25) is 0 Å². The summed E-state index contributed by atoms with van der Waals surface area (Å²) in [7, 11) is 0. The summed E-state index contributed by atoms with van der Waals surface area (Å²) in [6.07, 6.45) is 0. The molecule has 0 radical (unpaired) electrons. The van der Waals surface area contributed by atoms with E-state index in [2.05, 4.69) is 0 Å². The highest BCUT2D eigenvalue weighted by Crippen LogP contribution is 2.28. The average molecular weight is 279 g/mol. The monoisotopic (exact) mass is 279 g/mol. The van der Waals surface area contributed by atoms with Gasteiger partial charge < -0.3 is 5.73 Å². The summed E-state index contributed by atoms with van der Waals surface area (Å²) in [5.41, 5.74) is 9.70. The van der Waals surface area contributed by atoms with Crippen LogP contribution in [0.4, 0.5) is 13.2 Å². The van der Waals surface area contributed by atoms with Crippen LogP contribution < -0.4 is 5.73 Å². The predicted molar refractivity (Wildman–Crippen MR) is 73.0 cm³/mol. The molecule has 0 heterocycles. The topological polar surface area (TPSA) is 26.0 Å². The number of benzene rings is 2. The minimum Gasteiger partial charge on any atom is -0.320 e. The molecular formula is C16H16F3N. The largest absolute Gasteiger partial charge is 0.320 e. The van der Waals surface area contributed by atoms with Gasteiger partial charge in [-0.15, -0.1) is 0 Å². The van der Waals surface area contributed by atoms with E-state index in [-0.39, 0.29) is 5.56 Å². The van der Waals surface area contributed by atoms with Crippen molar-refractivity contribution < 1.29 is 13.2 Å². The van der Waals surface area contributed by atoms with Crippen molar-refractivity contribution in [2.75, 3.05) is 0 Å². The van der Waals surface area contributed by atoms with Gasteiger partial charge in [0.15, 0.2) is 17.5 Å². The quantitative estimate of drug-likeness (QED) is 0.824. The van der Waals surface area contributed by atoms with Crippen LogP contribution >= 0.6 is 0 Å². The van der Waals surface area contributed by atoms with Crippen LogP contribution in [0.15, 0.2) is 24.3 Å². The van der Waals surface area contributed by atoms with E-state index < -0.39 is 23.5 Å². The number of rotatable bonds is 2. The highest BCUT2D eigenvalue weighted by Gasteiger charge is 2.20. The summed E-state index contributed by atoms with van der Waals surface area (Å²) in [4.78, 5) is 0. The maximum absolute atomic E-state index is 13.8. The van der Waals surface area contributed by atoms with E-state index in [1.54, 1.807) is 0 Å². The summed E-state index contributed by atoms with van der Waals surface area (Å²) < 4.78 is 40.1. The van der Waals surface area contributed by atoms with E-state index in [1.165, 1.54) is 6.07 Å². The van der Waals surface area contributed by atoms with E-state index in [4.69, 9.17) is 5.73 Å². The van der Waals surface area contributed by atoms with Gasteiger partial charge in [-0.3, -0.25) is 0 Å². The van der Waals surface area contributed by atoms with Crippen LogP contribution in [0.5, 0.6) is 0 Å². The van der Waals surface area contributed by atoms with Crippen molar-refractivity contribution in [2.24, 2.45) is 5.73 Å². The molecule has 2 rings (SSSR count). The molecule has 0 fully saturated rings. The summed E-state index contributed by atoms with van der Waals surface area (Å²) in [6.45, 7) is 5.75. The molecule has 1 atom stereocenters. The molecule has 1 unspecified atom stereocenters. The molecule has 0 amide bonds. The van der Waals surface area contributed by atoms with Gasteiger partial charge in [0.1, 0.15) is 0 Å². The third-order valence-corrected chi connectivity index (χ3v) is 3.62. The van der Waals surface area contributed by atoms with E-state index >= 15 is 0 Å². The zero-order chi connectivity index (χ0) is 15.0. The van der Waals surface area contributed by atoms with Crippen molar-refractivity contribution >= 4 is 0 Å². The number of hydrogen-bond acceptors (Lipinski definition) is 1. The van der Waals surface area contributed by atoms with Crippen molar-refractivity contribution in [1.29, 1.82) is 0 Å². The van der Waals surface area contributed by atoms with Gasteiger partial charge >= 0.3 is 0 Å². The molecule has 2 N–H and O–H groups in total. The molecule has 0 saturated heterocycles. The first-order valence-electron chi connectivity index (χ1n) is 6.29. The smallest absolute Gasteiger partial charge is 0.194 e. The van der Waals surface area contributed by atoms with Gasteiger partial charge in [-0.2, -0.15) is 0 Å². The van der Waals surface area contributed by atoms with E-state index in [1.807, 2.05) is 32.9 Å². The number of halogens is 3. The molecule has 0 aromatic heterocycles. The molecule has 2 aromatic rings. The van der Waals surface area contributed by atoms with Crippen LogP contribution in [0.3, 0.4) is 0 Å². The standard InChI is InChI=1S/C16H16F3N/c1-8-6-10(3)12(7-9(8)2)16(20)11-4-5-13(17)15(19)14(11)18/h4-7,16H,20H2,1-3H3. The zero-order valence-corrected chi connectivity index (χ0v) is 11.6. The van der Waals surface area contributed by atoms with Crippen LogP contribution in [0.25, 0.3) is 0 Å². The molecule has 0 aliphatic heterocycles. The predicted octanol–water partition coefficient (Wildman–Crippen LogP) is 4.08. The Balaban J connectivity index is 2.55.